The number of rotatable bonds is 2. The molecule has 1 saturated heterocycles. The van der Waals surface area contributed by atoms with Crippen LogP contribution in [0.2, 0.25) is 0 Å². The lowest BCUT2D eigenvalue weighted by atomic mass is 9.98. The molecule has 1 N–H and O–H groups in total. The maximum atomic E-state index is 12.4. The van der Waals surface area contributed by atoms with Crippen LogP contribution in [0.4, 0.5) is 0 Å². The summed E-state index contributed by atoms with van der Waals surface area (Å²) in [5.74, 6) is 0. The predicted molar refractivity (Wildman–Crippen MR) is 75.3 cm³/mol. The minimum atomic E-state index is -3.40. The lowest BCUT2D eigenvalue weighted by molar-refractivity contribution is 0.0465. The third kappa shape index (κ3) is 3.14. The van der Waals surface area contributed by atoms with E-state index in [9.17, 15) is 13.5 Å². The van der Waals surface area contributed by atoms with E-state index < -0.39 is 15.6 Å². The van der Waals surface area contributed by atoms with Crippen molar-refractivity contribution < 1.29 is 13.5 Å². The third-order valence-electron chi connectivity index (χ3n) is 3.17. The summed E-state index contributed by atoms with van der Waals surface area (Å²) in [6, 6.07) is 3.36. The second-order valence-corrected chi connectivity index (χ2v) is 9.44. The van der Waals surface area contributed by atoms with Crippen molar-refractivity contribution in [2.75, 3.05) is 13.1 Å². The van der Waals surface area contributed by atoms with Gasteiger partial charge in [0.25, 0.3) is 10.0 Å². The SMILES string of the molecule is CC1(O)CCCN(S(=O)(=O)c2ccc(Br)s2)CC1. The van der Waals surface area contributed by atoms with Gasteiger partial charge in [-0.15, -0.1) is 11.3 Å². The molecule has 1 aliphatic heterocycles. The van der Waals surface area contributed by atoms with Crippen molar-refractivity contribution in [2.24, 2.45) is 0 Å². The summed E-state index contributed by atoms with van der Waals surface area (Å²) in [6.45, 7) is 2.63. The van der Waals surface area contributed by atoms with Crippen LogP contribution in [0.5, 0.6) is 0 Å². The van der Waals surface area contributed by atoms with E-state index in [1.54, 1.807) is 19.1 Å². The van der Waals surface area contributed by atoms with Crippen LogP contribution in [-0.4, -0.2) is 36.5 Å². The Morgan fingerprint density at radius 3 is 2.72 bits per heavy atom. The fraction of sp³-hybridized carbons (Fsp3) is 0.636. The van der Waals surface area contributed by atoms with Gasteiger partial charge in [-0.05, 0) is 54.2 Å². The van der Waals surface area contributed by atoms with Crippen LogP contribution in [0.15, 0.2) is 20.1 Å². The molecule has 2 rings (SSSR count). The molecule has 4 nitrogen and oxygen atoms in total. The molecular weight excluding hydrogens is 338 g/mol. The molecule has 0 saturated carbocycles. The first kappa shape index (κ1) is 14.5. The van der Waals surface area contributed by atoms with Gasteiger partial charge >= 0.3 is 0 Å². The van der Waals surface area contributed by atoms with E-state index in [0.717, 1.165) is 3.79 Å². The summed E-state index contributed by atoms with van der Waals surface area (Å²) in [7, 11) is -3.40. The molecule has 0 bridgehead atoms. The van der Waals surface area contributed by atoms with Gasteiger partial charge in [0, 0.05) is 13.1 Å². The van der Waals surface area contributed by atoms with E-state index in [2.05, 4.69) is 15.9 Å². The number of halogens is 1. The average molecular weight is 354 g/mol. The number of aliphatic hydroxyl groups is 1. The van der Waals surface area contributed by atoms with Crippen molar-refractivity contribution in [2.45, 2.75) is 36.0 Å². The molecule has 0 amide bonds. The highest BCUT2D eigenvalue weighted by atomic mass is 79.9. The minimum Gasteiger partial charge on any atom is -0.390 e. The summed E-state index contributed by atoms with van der Waals surface area (Å²) in [6.07, 6.45) is 1.82. The second-order valence-electron chi connectivity index (χ2n) is 4.81. The molecule has 1 unspecified atom stereocenters. The zero-order valence-electron chi connectivity index (χ0n) is 10.1. The number of sulfonamides is 1. The van der Waals surface area contributed by atoms with E-state index in [-0.39, 0.29) is 0 Å². The van der Waals surface area contributed by atoms with Crippen molar-refractivity contribution in [3.8, 4) is 0 Å². The molecule has 1 fully saturated rings. The van der Waals surface area contributed by atoms with Crippen LogP contribution >= 0.6 is 27.3 Å². The molecule has 1 atom stereocenters. The molecule has 0 aliphatic carbocycles. The molecule has 0 aromatic carbocycles. The number of thiophene rings is 1. The van der Waals surface area contributed by atoms with Crippen LogP contribution in [0.25, 0.3) is 0 Å². The van der Waals surface area contributed by atoms with Gasteiger partial charge in [-0.25, -0.2) is 8.42 Å². The molecular formula is C11H16BrNO3S2. The van der Waals surface area contributed by atoms with Gasteiger partial charge in [0.15, 0.2) is 0 Å². The molecule has 1 aromatic heterocycles. The predicted octanol–water partition coefficient (Wildman–Crippen LogP) is 2.44. The Balaban J connectivity index is 2.21. The molecule has 1 aliphatic rings. The van der Waals surface area contributed by atoms with Crippen molar-refractivity contribution in [3.63, 3.8) is 0 Å². The van der Waals surface area contributed by atoms with Crippen molar-refractivity contribution in [1.82, 2.24) is 4.31 Å². The molecule has 18 heavy (non-hydrogen) atoms. The summed E-state index contributed by atoms with van der Waals surface area (Å²) >= 11 is 4.50. The maximum absolute atomic E-state index is 12.4. The lowest BCUT2D eigenvalue weighted by Crippen LogP contribution is -2.33. The summed E-state index contributed by atoms with van der Waals surface area (Å²) < 4.78 is 27.4. The highest BCUT2D eigenvalue weighted by Gasteiger charge is 2.32. The Morgan fingerprint density at radius 1 is 1.39 bits per heavy atom. The first-order valence-corrected chi connectivity index (χ1v) is 8.84. The molecule has 1 aromatic rings. The summed E-state index contributed by atoms with van der Waals surface area (Å²) in [4.78, 5) is 0. The molecule has 0 spiro atoms. The highest BCUT2D eigenvalue weighted by Crippen LogP contribution is 2.31. The largest absolute Gasteiger partial charge is 0.390 e. The molecule has 7 heteroatoms. The third-order valence-corrected chi connectivity index (χ3v) is 7.16. The van der Waals surface area contributed by atoms with E-state index in [4.69, 9.17) is 0 Å². The topological polar surface area (TPSA) is 57.6 Å². The van der Waals surface area contributed by atoms with Crippen LogP contribution in [-0.2, 0) is 10.0 Å². The van der Waals surface area contributed by atoms with Crippen LogP contribution in [0.3, 0.4) is 0 Å². The summed E-state index contributed by atoms with van der Waals surface area (Å²) in [5, 5.41) is 9.99. The van der Waals surface area contributed by atoms with Gasteiger partial charge in [-0.3, -0.25) is 0 Å². The van der Waals surface area contributed by atoms with Gasteiger partial charge in [-0.2, -0.15) is 4.31 Å². The Morgan fingerprint density at radius 2 is 2.11 bits per heavy atom. The van der Waals surface area contributed by atoms with Crippen LogP contribution in [0.1, 0.15) is 26.2 Å². The Kier molecular flexibility index (Phi) is 4.18. The fourth-order valence-corrected chi connectivity index (χ4v) is 5.69. The minimum absolute atomic E-state index is 0.357. The molecule has 102 valence electrons. The zero-order chi connectivity index (χ0) is 13.4. The number of hydrogen-bond donors (Lipinski definition) is 1. The van der Waals surface area contributed by atoms with Crippen molar-refractivity contribution in [3.05, 3.63) is 15.9 Å². The van der Waals surface area contributed by atoms with Gasteiger partial charge < -0.3 is 5.11 Å². The maximum Gasteiger partial charge on any atom is 0.252 e. The lowest BCUT2D eigenvalue weighted by Gasteiger charge is -2.21. The standard InChI is InChI=1S/C11H16BrNO3S2/c1-11(14)5-2-7-13(8-6-11)18(15,16)10-4-3-9(12)17-10/h3-4,14H,2,5-8H2,1H3. The fourth-order valence-electron chi connectivity index (χ4n) is 2.04. The number of hydrogen-bond acceptors (Lipinski definition) is 4. The first-order chi connectivity index (χ1) is 8.31. The van der Waals surface area contributed by atoms with Gasteiger partial charge in [-0.1, -0.05) is 0 Å². The monoisotopic (exact) mass is 353 g/mol. The van der Waals surface area contributed by atoms with Crippen LogP contribution < -0.4 is 0 Å². The molecule has 2 heterocycles. The summed E-state index contributed by atoms with van der Waals surface area (Å²) in [5.41, 5.74) is -0.750. The van der Waals surface area contributed by atoms with E-state index in [1.165, 1.54) is 15.6 Å². The first-order valence-electron chi connectivity index (χ1n) is 5.79. The highest BCUT2D eigenvalue weighted by molar-refractivity contribution is 9.11. The van der Waals surface area contributed by atoms with Crippen LogP contribution in [0, 0.1) is 0 Å². The van der Waals surface area contributed by atoms with Gasteiger partial charge in [0.2, 0.25) is 0 Å². The Bertz CT molecular complexity index is 524. The number of nitrogens with zero attached hydrogens (tertiary/aromatic N) is 1. The average Bonchev–Trinajstić information content (AvgIpc) is 2.61. The quantitative estimate of drug-likeness (QED) is 0.888. The second kappa shape index (κ2) is 5.20. The molecule has 0 radical (unpaired) electrons. The zero-order valence-corrected chi connectivity index (χ0v) is 13.3. The smallest absolute Gasteiger partial charge is 0.252 e. The van der Waals surface area contributed by atoms with Gasteiger partial charge in [0.05, 0.1) is 9.39 Å². The van der Waals surface area contributed by atoms with E-state index in [0.29, 0.717) is 36.6 Å². The Hall–Kier alpha value is 0.0500. The normalized spacial score (nSPS) is 27.1. The van der Waals surface area contributed by atoms with Crippen molar-refractivity contribution >= 4 is 37.3 Å². The van der Waals surface area contributed by atoms with Gasteiger partial charge in [0.1, 0.15) is 4.21 Å². The van der Waals surface area contributed by atoms with Crippen molar-refractivity contribution in [1.29, 1.82) is 0 Å². The van der Waals surface area contributed by atoms with E-state index >= 15 is 0 Å². The van der Waals surface area contributed by atoms with E-state index in [1.807, 2.05) is 0 Å². The Labute approximate surface area is 120 Å².